The van der Waals surface area contributed by atoms with E-state index < -0.39 is 11.9 Å². The molecule has 1 unspecified atom stereocenters. The molecule has 3 rings (SSSR count). The Kier molecular flexibility index (Phi) is 2.81. The van der Waals surface area contributed by atoms with Crippen LogP contribution in [0.25, 0.3) is 5.69 Å². The first kappa shape index (κ1) is 11.9. The molecule has 5 heteroatoms. The summed E-state index contributed by atoms with van der Waals surface area (Å²) in [5.74, 6) is -1.68. The molecule has 0 saturated carbocycles. The molecule has 1 aliphatic rings. The van der Waals surface area contributed by atoms with E-state index in [1.54, 1.807) is 23.0 Å². The second-order valence-electron chi connectivity index (χ2n) is 4.73. The van der Waals surface area contributed by atoms with E-state index in [1.165, 1.54) is 12.1 Å². The topological polar surface area (TPSA) is 55.1 Å². The fourth-order valence-electron chi connectivity index (χ4n) is 2.62. The Morgan fingerprint density at radius 2 is 2.11 bits per heavy atom. The molecule has 1 aromatic heterocycles. The summed E-state index contributed by atoms with van der Waals surface area (Å²) in [4.78, 5) is 11.4. The average Bonchev–Trinajstić information content (AvgIpc) is 2.83. The van der Waals surface area contributed by atoms with E-state index in [-0.39, 0.29) is 5.82 Å². The molecule has 1 aromatic carbocycles. The minimum absolute atomic E-state index is 0.320. The van der Waals surface area contributed by atoms with Crippen molar-refractivity contribution in [2.45, 2.75) is 25.2 Å². The smallest absolute Gasteiger partial charge is 0.312 e. The molecular weight excluding hydrogens is 247 g/mol. The number of nitrogens with zero attached hydrogens (tertiary/aromatic N) is 2. The van der Waals surface area contributed by atoms with E-state index >= 15 is 0 Å². The molecule has 98 valence electrons. The fourth-order valence-corrected chi connectivity index (χ4v) is 2.62. The summed E-state index contributed by atoms with van der Waals surface area (Å²) in [6, 6.07) is 5.91. The van der Waals surface area contributed by atoms with Crippen LogP contribution >= 0.6 is 0 Å². The third-order valence-electron chi connectivity index (χ3n) is 3.52. The van der Waals surface area contributed by atoms with Gasteiger partial charge in [0.25, 0.3) is 0 Å². The van der Waals surface area contributed by atoms with Crippen molar-refractivity contribution in [3.63, 3.8) is 0 Å². The van der Waals surface area contributed by atoms with Gasteiger partial charge in [0.15, 0.2) is 0 Å². The molecule has 1 N–H and O–H groups in total. The highest BCUT2D eigenvalue weighted by atomic mass is 19.1. The number of carboxylic acids is 1. The van der Waals surface area contributed by atoms with Gasteiger partial charge in [-0.05, 0) is 49.1 Å². The zero-order valence-corrected chi connectivity index (χ0v) is 10.2. The maximum absolute atomic E-state index is 12.9. The lowest BCUT2D eigenvalue weighted by Crippen LogP contribution is -2.20. The molecule has 0 spiro atoms. The van der Waals surface area contributed by atoms with E-state index in [0.29, 0.717) is 12.1 Å². The van der Waals surface area contributed by atoms with Crippen molar-refractivity contribution in [1.29, 1.82) is 0 Å². The maximum Gasteiger partial charge on any atom is 0.312 e. The summed E-state index contributed by atoms with van der Waals surface area (Å²) in [6.07, 6.45) is 4.04. The van der Waals surface area contributed by atoms with Crippen molar-refractivity contribution >= 4 is 5.97 Å². The monoisotopic (exact) mass is 260 g/mol. The van der Waals surface area contributed by atoms with Crippen molar-refractivity contribution in [3.05, 3.63) is 47.5 Å². The first-order valence-corrected chi connectivity index (χ1v) is 6.22. The van der Waals surface area contributed by atoms with E-state index in [0.717, 1.165) is 24.1 Å². The number of hydrogen-bond donors (Lipinski definition) is 1. The van der Waals surface area contributed by atoms with Crippen LogP contribution < -0.4 is 0 Å². The third kappa shape index (κ3) is 2.01. The Morgan fingerprint density at radius 3 is 2.79 bits per heavy atom. The predicted octanol–water partition coefficient (Wildman–Crippen LogP) is 2.52. The first-order valence-electron chi connectivity index (χ1n) is 6.22. The number of rotatable bonds is 2. The third-order valence-corrected chi connectivity index (χ3v) is 3.52. The molecule has 19 heavy (non-hydrogen) atoms. The van der Waals surface area contributed by atoms with Crippen molar-refractivity contribution in [3.8, 4) is 5.69 Å². The van der Waals surface area contributed by atoms with Gasteiger partial charge in [-0.2, -0.15) is 5.10 Å². The zero-order chi connectivity index (χ0) is 13.4. The SMILES string of the molecule is O=C(O)C1CCCc2cnn(-c3ccc(F)cc3)c21. The summed E-state index contributed by atoms with van der Waals surface area (Å²) in [5, 5.41) is 13.6. The number of fused-ring (bicyclic) bond motifs is 1. The average molecular weight is 260 g/mol. The molecule has 1 aliphatic carbocycles. The van der Waals surface area contributed by atoms with Crippen molar-refractivity contribution in [2.75, 3.05) is 0 Å². The number of aromatic nitrogens is 2. The van der Waals surface area contributed by atoms with Crippen LogP contribution in [-0.4, -0.2) is 20.9 Å². The Balaban J connectivity index is 2.11. The van der Waals surface area contributed by atoms with E-state index in [4.69, 9.17) is 0 Å². The minimum Gasteiger partial charge on any atom is -0.481 e. The number of carbonyl (C=O) groups is 1. The first-order chi connectivity index (χ1) is 9.16. The van der Waals surface area contributed by atoms with Gasteiger partial charge in [0, 0.05) is 0 Å². The molecule has 0 fully saturated rings. The number of halogens is 1. The second-order valence-corrected chi connectivity index (χ2v) is 4.73. The van der Waals surface area contributed by atoms with Crippen LogP contribution in [0.1, 0.15) is 30.0 Å². The Morgan fingerprint density at radius 1 is 1.37 bits per heavy atom. The number of aryl methyl sites for hydroxylation is 1. The van der Waals surface area contributed by atoms with Crippen molar-refractivity contribution in [2.24, 2.45) is 0 Å². The molecule has 0 bridgehead atoms. The lowest BCUT2D eigenvalue weighted by atomic mass is 9.88. The van der Waals surface area contributed by atoms with Gasteiger partial charge in [0.05, 0.1) is 23.5 Å². The normalized spacial score (nSPS) is 18.1. The van der Waals surface area contributed by atoms with Gasteiger partial charge in [-0.3, -0.25) is 4.79 Å². The number of hydrogen-bond acceptors (Lipinski definition) is 2. The van der Waals surface area contributed by atoms with Gasteiger partial charge >= 0.3 is 5.97 Å². The molecular formula is C14H13FN2O2. The molecule has 0 saturated heterocycles. The lowest BCUT2D eigenvalue weighted by Gasteiger charge is -2.20. The van der Waals surface area contributed by atoms with Gasteiger partial charge in [-0.15, -0.1) is 0 Å². The van der Waals surface area contributed by atoms with Gasteiger partial charge in [0.2, 0.25) is 0 Å². The van der Waals surface area contributed by atoms with Crippen LogP contribution in [0, 0.1) is 5.82 Å². The highest BCUT2D eigenvalue weighted by Gasteiger charge is 2.30. The van der Waals surface area contributed by atoms with E-state index in [9.17, 15) is 14.3 Å². The second kappa shape index (κ2) is 4.50. The summed E-state index contributed by atoms with van der Waals surface area (Å²) in [5.41, 5.74) is 2.39. The molecule has 1 atom stereocenters. The summed E-state index contributed by atoms with van der Waals surface area (Å²) >= 11 is 0. The number of aliphatic carboxylic acids is 1. The van der Waals surface area contributed by atoms with E-state index in [1.807, 2.05) is 0 Å². The standard InChI is InChI=1S/C14H13FN2O2/c15-10-4-6-11(7-5-10)17-13-9(8-16-17)2-1-3-12(13)14(18)19/h4-8,12H,1-3H2,(H,18,19). The van der Waals surface area contributed by atoms with Crippen LogP contribution in [-0.2, 0) is 11.2 Å². The van der Waals surface area contributed by atoms with Crippen molar-refractivity contribution in [1.82, 2.24) is 9.78 Å². The zero-order valence-electron chi connectivity index (χ0n) is 10.2. The quantitative estimate of drug-likeness (QED) is 0.902. The van der Waals surface area contributed by atoms with Gasteiger partial charge in [-0.25, -0.2) is 9.07 Å². The number of benzene rings is 1. The molecule has 0 radical (unpaired) electrons. The van der Waals surface area contributed by atoms with Crippen molar-refractivity contribution < 1.29 is 14.3 Å². The minimum atomic E-state index is -0.829. The van der Waals surface area contributed by atoms with E-state index in [2.05, 4.69) is 5.10 Å². The predicted molar refractivity (Wildman–Crippen MR) is 66.8 cm³/mol. The maximum atomic E-state index is 12.9. The Hall–Kier alpha value is -2.17. The van der Waals surface area contributed by atoms with Crippen LogP contribution in [0.4, 0.5) is 4.39 Å². The highest BCUT2D eigenvalue weighted by molar-refractivity contribution is 5.76. The molecule has 0 amide bonds. The van der Waals surface area contributed by atoms with Crippen LogP contribution in [0.2, 0.25) is 0 Å². The largest absolute Gasteiger partial charge is 0.481 e. The van der Waals surface area contributed by atoms with Gasteiger partial charge in [-0.1, -0.05) is 0 Å². The molecule has 2 aromatic rings. The highest BCUT2D eigenvalue weighted by Crippen LogP contribution is 2.33. The van der Waals surface area contributed by atoms with Crippen LogP contribution in [0.15, 0.2) is 30.5 Å². The summed E-state index contributed by atoms with van der Waals surface area (Å²) in [6.45, 7) is 0. The summed E-state index contributed by atoms with van der Waals surface area (Å²) in [7, 11) is 0. The molecule has 4 nitrogen and oxygen atoms in total. The van der Waals surface area contributed by atoms with Crippen LogP contribution in [0.5, 0.6) is 0 Å². The van der Waals surface area contributed by atoms with Crippen LogP contribution in [0.3, 0.4) is 0 Å². The Bertz CT molecular complexity index is 619. The molecule has 0 aliphatic heterocycles. The van der Waals surface area contributed by atoms with Gasteiger partial charge in [0.1, 0.15) is 5.82 Å². The lowest BCUT2D eigenvalue weighted by molar-refractivity contribution is -0.139. The summed E-state index contributed by atoms with van der Waals surface area (Å²) < 4.78 is 14.6. The Labute approximate surface area is 109 Å². The van der Waals surface area contributed by atoms with Gasteiger partial charge < -0.3 is 5.11 Å². The fraction of sp³-hybridized carbons (Fsp3) is 0.286. The number of carboxylic acid groups (broad SMARTS) is 1. The molecule has 1 heterocycles.